The third-order valence-electron chi connectivity index (χ3n) is 3.86. The van der Waals surface area contributed by atoms with E-state index in [0.717, 1.165) is 23.3 Å². The average Bonchev–Trinajstić information content (AvgIpc) is 2.51. The highest BCUT2D eigenvalue weighted by Gasteiger charge is 2.30. The predicted molar refractivity (Wildman–Crippen MR) is 87.5 cm³/mol. The van der Waals surface area contributed by atoms with Crippen LogP contribution in [0, 0.1) is 13.8 Å². The van der Waals surface area contributed by atoms with Crippen molar-refractivity contribution >= 4 is 5.91 Å². The molecule has 0 aromatic heterocycles. The summed E-state index contributed by atoms with van der Waals surface area (Å²) in [4.78, 5) is 11.9. The number of hydrogen-bond donors (Lipinski definition) is 1. The van der Waals surface area contributed by atoms with Crippen LogP contribution in [0.5, 0.6) is 0 Å². The molecule has 2 rings (SSSR count). The van der Waals surface area contributed by atoms with Crippen LogP contribution in [0.15, 0.2) is 42.5 Å². The van der Waals surface area contributed by atoms with Gasteiger partial charge in [-0.1, -0.05) is 35.9 Å². The lowest BCUT2D eigenvalue weighted by Gasteiger charge is -2.10. The number of aryl methyl sites for hydroxylation is 3. The van der Waals surface area contributed by atoms with E-state index >= 15 is 0 Å². The highest BCUT2D eigenvalue weighted by molar-refractivity contribution is 5.76. The second-order valence-corrected chi connectivity index (χ2v) is 5.90. The summed E-state index contributed by atoms with van der Waals surface area (Å²) in [6, 6.07) is 11.1. The zero-order chi connectivity index (χ0) is 17.7. The molecule has 0 spiro atoms. The number of rotatable bonds is 5. The van der Waals surface area contributed by atoms with Crippen molar-refractivity contribution in [1.82, 2.24) is 5.32 Å². The molecule has 0 saturated heterocycles. The Hall–Kier alpha value is -2.30. The number of carbonyl (C=O) groups excluding carboxylic acids is 1. The first-order valence-corrected chi connectivity index (χ1v) is 7.74. The maximum atomic E-state index is 12.7. The van der Waals surface area contributed by atoms with Gasteiger partial charge in [0.25, 0.3) is 0 Å². The van der Waals surface area contributed by atoms with Gasteiger partial charge in [0, 0.05) is 13.0 Å². The number of benzene rings is 2. The van der Waals surface area contributed by atoms with E-state index in [1.807, 2.05) is 26.0 Å². The van der Waals surface area contributed by atoms with Crippen molar-refractivity contribution < 1.29 is 18.0 Å². The van der Waals surface area contributed by atoms with Gasteiger partial charge in [-0.15, -0.1) is 0 Å². The second kappa shape index (κ2) is 7.51. The van der Waals surface area contributed by atoms with Crippen molar-refractivity contribution in [2.24, 2.45) is 0 Å². The molecule has 2 aromatic carbocycles. The maximum absolute atomic E-state index is 12.7. The number of alkyl halides is 3. The first-order valence-electron chi connectivity index (χ1n) is 7.74. The standard InChI is InChI=1S/C19H20F3NO/c1-13-6-7-16(14(2)10-13)8-9-18(24)23-12-15-4-3-5-17(11-15)19(20,21)22/h3-7,10-11H,8-9,12H2,1-2H3,(H,23,24). The minimum absolute atomic E-state index is 0.0929. The molecule has 0 radical (unpaired) electrons. The van der Waals surface area contributed by atoms with Crippen LogP contribution in [0.1, 0.15) is 34.2 Å². The smallest absolute Gasteiger partial charge is 0.352 e. The van der Waals surface area contributed by atoms with Gasteiger partial charge in [0.2, 0.25) is 5.91 Å². The van der Waals surface area contributed by atoms with Gasteiger partial charge in [-0.2, -0.15) is 13.2 Å². The first-order chi connectivity index (χ1) is 11.3. The van der Waals surface area contributed by atoms with E-state index in [-0.39, 0.29) is 12.5 Å². The zero-order valence-corrected chi connectivity index (χ0v) is 13.7. The molecule has 0 fully saturated rings. The molecule has 0 bridgehead atoms. The molecule has 0 unspecified atom stereocenters. The van der Waals surface area contributed by atoms with E-state index in [1.54, 1.807) is 6.07 Å². The van der Waals surface area contributed by atoms with Crippen LogP contribution in [0.2, 0.25) is 0 Å². The third kappa shape index (κ3) is 5.11. The van der Waals surface area contributed by atoms with Gasteiger partial charge < -0.3 is 5.32 Å². The lowest BCUT2D eigenvalue weighted by Crippen LogP contribution is -2.23. The number of carbonyl (C=O) groups is 1. The molecule has 0 aliphatic heterocycles. The normalized spacial score (nSPS) is 11.4. The largest absolute Gasteiger partial charge is 0.416 e. The molecule has 0 heterocycles. The van der Waals surface area contributed by atoms with Gasteiger partial charge in [-0.3, -0.25) is 4.79 Å². The Morgan fingerprint density at radius 3 is 2.50 bits per heavy atom. The molecule has 24 heavy (non-hydrogen) atoms. The van der Waals surface area contributed by atoms with Gasteiger partial charge in [0.15, 0.2) is 0 Å². The van der Waals surface area contributed by atoms with Crippen LogP contribution in [-0.2, 0) is 23.9 Å². The minimum Gasteiger partial charge on any atom is -0.352 e. The lowest BCUT2D eigenvalue weighted by atomic mass is 10.0. The summed E-state index contributed by atoms with van der Waals surface area (Å²) in [7, 11) is 0. The van der Waals surface area contributed by atoms with Crippen LogP contribution in [0.3, 0.4) is 0 Å². The van der Waals surface area contributed by atoms with E-state index < -0.39 is 11.7 Å². The Bertz CT molecular complexity index is 723. The summed E-state index contributed by atoms with van der Waals surface area (Å²) < 4.78 is 38.0. The summed E-state index contributed by atoms with van der Waals surface area (Å²) in [5.74, 6) is -0.174. The Labute approximate surface area is 139 Å². The summed E-state index contributed by atoms with van der Waals surface area (Å²) in [5, 5.41) is 2.67. The molecule has 1 amide bonds. The number of amides is 1. The summed E-state index contributed by atoms with van der Waals surface area (Å²) in [5.41, 5.74) is 3.15. The molecule has 0 aliphatic rings. The molecule has 2 nitrogen and oxygen atoms in total. The SMILES string of the molecule is Cc1ccc(CCC(=O)NCc2cccc(C(F)(F)F)c2)c(C)c1. The van der Waals surface area contributed by atoms with Gasteiger partial charge in [-0.25, -0.2) is 0 Å². The number of hydrogen-bond acceptors (Lipinski definition) is 1. The molecular weight excluding hydrogens is 315 g/mol. The molecule has 1 N–H and O–H groups in total. The van der Waals surface area contributed by atoms with Crippen LogP contribution in [0.25, 0.3) is 0 Å². The highest BCUT2D eigenvalue weighted by Crippen LogP contribution is 2.29. The molecule has 128 valence electrons. The van der Waals surface area contributed by atoms with E-state index in [1.165, 1.54) is 11.6 Å². The molecular formula is C19H20F3NO. The van der Waals surface area contributed by atoms with E-state index in [0.29, 0.717) is 18.4 Å². The van der Waals surface area contributed by atoms with Crippen molar-refractivity contribution in [3.05, 3.63) is 70.3 Å². The summed E-state index contributed by atoms with van der Waals surface area (Å²) >= 11 is 0. The molecule has 2 aromatic rings. The number of halogens is 3. The van der Waals surface area contributed by atoms with Crippen molar-refractivity contribution in [2.75, 3.05) is 0 Å². The van der Waals surface area contributed by atoms with E-state index in [9.17, 15) is 18.0 Å². The van der Waals surface area contributed by atoms with Crippen molar-refractivity contribution in [3.8, 4) is 0 Å². The third-order valence-corrected chi connectivity index (χ3v) is 3.86. The Morgan fingerprint density at radius 1 is 1.08 bits per heavy atom. The van der Waals surface area contributed by atoms with Gasteiger partial charge >= 0.3 is 6.18 Å². The van der Waals surface area contributed by atoms with Crippen molar-refractivity contribution in [1.29, 1.82) is 0 Å². The Balaban J connectivity index is 1.87. The maximum Gasteiger partial charge on any atom is 0.416 e. The van der Waals surface area contributed by atoms with Crippen LogP contribution >= 0.6 is 0 Å². The molecule has 0 atom stereocenters. The summed E-state index contributed by atoms with van der Waals surface area (Å²) in [6.07, 6.45) is -3.45. The minimum atomic E-state index is -4.37. The van der Waals surface area contributed by atoms with Gasteiger partial charge in [-0.05, 0) is 49.1 Å². The molecule has 5 heteroatoms. The van der Waals surface area contributed by atoms with Gasteiger partial charge in [0.05, 0.1) is 5.56 Å². The molecule has 0 aliphatic carbocycles. The quantitative estimate of drug-likeness (QED) is 0.852. The topological polar surface area (TPSA) is 29.1 Å². The fourth-order valence-electron chi connectivity index (χ4n) is 2.52. The van der Waals surface area contributed by atoms with Gasteiger partial charge in [0.1, 0.15) is 0 Å². The first kappa shape index (κ1) is 18.0. The van der Waals surface area contributed by atoms with Crippen LogP contribution in [0.4, 0.5) is 13.2 Å². The Morgan fingerprint density at radius 2 is 1.83 bits per heavy atom. The van der Waals surface area contributed by atoms with E-state index in [2.05, 4.69) is 11.4 Å². The van der Waals surface area contributed by atoms with Crippen LogP contribution in [-0.4, -0.2) is 5.91 Å². The highest BCUT2D eigenvalue weighted by atomic mass is 19.4. The predicted octanol–water partition coefficient (Wildman–Crippen LogP) is 4.57. The number of nitrogens with one attached hydrogen (secondary N) is 1. The van der Waals surface area contributed by atoms with Crippen molar-refractivity contribution in [3.63, 3.8) is 0 Å². The van der Waals surface area contributed by atoms with E-state index in [4.69, 9.17) is 0 Å². The second-order valence-electron chi connectivity index (χ2n) is 5.90. The summed E-state index contributed by atoms with van der Waals surface area (Å²) in [6.45, 7) is 4.11. The Kier molecular flexibility index (Phi) is 5.65. The average molecular weight is 335 g/mol. The fraction of sp³-hybridized carbons (Fsp3) is 0.316. The van der Waals surface area contributed by atoms with Crippen LogP contribution < -0.4 is 5.32 Å². The molecule has 0 saturated carbocycles. The monoisotopic (exact) mass is 335 g/mol. The fourth-order valence-corrected chi connectivity index (χ4v) is 2.52. The zero-order valence-electron chi connectivity index (χ0n) is 13.7. The lowest BCUT2D eigenvalue weighted by molar-refractivity contribution is -0.137. The van der Waals surface area contributed by atoms with Crippen molar-refractivity contribution in [2.45, 2.75) is 39.4 Å².